The molecule has 1 amide bonds. The minimum Gasteiger partial charge on any atom is -0.481 e. The highest BCUT2D eigenvalue weighted by Crippen LogP contribution is 2.39. The van der Waals surface area contributed by atoms with Gasteiger partial charge < -0.3 is 10.4 Å². The maximum absolute atomic E-state index is 11.6. The Kier molecular flexibility index (Phi) is 2.67. The third-order valence-electron chi connectivity index (χ3n) is 3.63. The summed E-state index contributed by atoms with van der Waals surface area (Å²) in [5.41, 5.74) is 0. The second-order valence-corrected chi connectivity index (χ2v) is 4.81. The molecule has 0 aromatic heterocycles. The van der Waals surface area contributed by atoms with Crippen LogP contribution >= 0.6 is 0 Å². The predicted molar refractivity (Wildman–Crippen MR) is 54.2 cm³/mol. The lowest BCUT2D eigenvalue weighted by Crippen LogP contribution is -2.37. The van der Waals surface area contributed by atoms with E-state index in [4.69, 9.17) is 5.11 Å². The molecule has 0 aromatic rings. The Morgan fingerprint density at radius 1 is 1.27 bits per heavy atom. The van der Waals surface area contributed by atoms with Crippen molar-refractivity contribution in [3.05, 3.63) is 0 Å². The van der Waals surface area contributed by atoms with Crippen LogP contribution in [-0.4, -0.2) is 23.0 Å². The summed E-state index contributed by atoms with van der Waals surface area (Å²) in [4.78, 5) is 22.2. The molecule has 84 valence electrons. The highest BCUT2D eigenvalue weighted by atomic mass is 16.4. The number of carboxylic acid groups (broad SMARTS) is 1. The molecule has 0 bridgehead atoms. The maximum atomic E-state index is 11.6. The van der Waals surface area contributed by atoms with E-state index in [0.29, 0.717) is 12.3 Å². The molecule has 4 unspecified atom stereocenters. The number of aliphatic carboxylic acids is 1. The van der Waals surface area contributed by atoms with Crippen molar-refractivity contribution >= 4 is 11.9 Å². The second kappa shape index (κ2) is 3.83. The average Bonchev–Trinajstić information content (AvgIpc) is 2.88. The number of carbonyl (C=O) groups excluding carboxylic acids is 1. The van der Waals surface area contributed by atoms with Gasteiger partial charge in [0, 0.05) is 6.04 Å². The Morgan fingerprint density at radius 3 is 2.47 bits per heavy atom. The summed E-state index contributed by atoms with van der Waals surface area (Å²) in [5, 5.41) is 11.7. The topological polar surface area (TPSA) is 66.4 Å². The monoisotopic (exact) mass is 211 g/mol. The Morgan fingerprint density at radius 2 is 2.00 bits per heavy atom. The van der Waals surface area contributed by atoms with Crippen LogP contribution in [0.5, 0.6) is 0 Å². The van der Waals surface area contributed by atoms with Gasteiger partial charge in [0.05, 0.1) is 11.8 Å². The highest BCUT2D eigenvalue weighted by molar-refractivity contribution is 5.89. The van der Waals surface area contributed by atoms with E-state index in [1.807, 2.05) is 0 Å². The number of nitrogens with one attached hydrogen (secondary N) is 1. The highest BCUT2D eigenvalue weighted by Gasteiger charge is 2.48. The van der Waals surface area contributed by atoms with E-state index in [1.165, 1.54) is 6.42 Å². The largest absolute Gasteiger partial charge is 0.481 e. The van der Waals surface area contributed by atoms with Gasteiger partial charge in [-0.15, -0.1) is 0 Å². The molecular formula is C11H17NO3. The molecule has 0 saturated heterocycles. The predicted octanol–water partition coefficient (Wildman–Crippen LogP) is 1.01. The SMILES string of the molecule is CC1CCCC1NC(=O)C1CC1C(=O)O. The first kappa shape index (κ1) is 10.5. The van der Waals surface area contributed by atoms with Gasteiger partial charge in [-0.25, -0.2) is 0 Å². The fraction of sp³-hybridized carbons (Fsp3) is 0.818. The van der Waals surface area contributed by atoms with E-state index in [9.17, 15) is 9.59 Å². The first-order chi connectivity index (χ1) is 7.09. The Bertz CT molecular complexity index is 290. The van der Waals surface area contributed by atoms with Crippen LogP contribution in [0.15, 0.2) is 0 Å². The summed E-state index contributed by atoms with van der Waals surface area (Å²) in [5.74, 6) is -1.05. The van der Waals surface area contributed by atoms with Crippen LogP contribution in [0.3, 0.4) is 0 Å². The van der Waals surface area contributed by atoms with Gasteiger partial charge in [0.25, 0.3) is 0 Å². The third kappa shape index (κ3) is 2.13. The zero-order chi connectivity index (χ0) is 11.0. The summed E-state index contributed by atoms with van der Waals surface area (Å²) < 4.78 is 0. The maximum Gasteiger partial charge on any atom is 0.307 e. The number of amides is 1. The van der Waals surface area contributed by atoms with Crippen LogP contribution in [0.1, 0.15) is 32.6 Å². The fourth-order valence-electron chi connectivity index (χ4n) is 2.41. The minimum absolute atomic E-state index is 0.0545. The molecule has 4 nitrogen and oxygen atoms in total. The van der Waals surface area contributed by atoms with Gasteiger partial charge in [0.1, 0.15) is 0 Å². The van der Waals surface area contributed by atoms with Crippen molar-refractivity contribution in [1.29, 1.82) is 0 Å². The molecule has 0 aromatic carbocycles. The zero-order valence-corrected chi connectivity index (χ0v) is 8.90. The number of carboxylic acids is 1. The molecule has 15 heavy (non-hydrogen) atoms. The van der Waals surface area contributed by atoms with Crippen molar-refractivity contribution < 1.29 is 14.7 Å². The molecule has 4 atom stereocenters. The van der Waals surface area contributed by atoms with Crippen LogP contribution in [-0.2, 0) is 9.59 Å². The lowest BCUT2D eigenvalue weighted by atomic mass is 10.1. The van der Waals surface area contributed by atoms with E-state index < -0.39 is 11.9 Å². The standard InChI is InChI=1S/C11H17NO3/c1-6-3-2-4-9(6)12-10(13)7-5-8(7)11(14)15/h6-9H,2-5H2,1H3,(H,12,13)(H,14,15). The molecule has 2 saturated carbocycles. The van der Waals surface area contributed by atoms with Gasteiger partial charge in [-0.05, 0) is 25.2 Å². The molecule has 2 fully saturated rings. The lowest BCUT2D eigenvalue weighted by Gasteiger charge is -2.16. The molecule has 0 radical (unpaired) electrons. The van der Waals surface area contributed by atoms with E-state index in [2.05, 4.69) is 12.2 Å². The van der Waals surface area contributed by atoms with Crippen molar-refractivity contribution in [1.82, 2.24) is 5.32 Å². The smallest absolute Gasteiger partial charge is 0.307 e. The minimum atomic E-state index is -0.838. The first-order valence-electron chi connectivity index (χ1n) is 5.62. The molecule has 2 N–H and O–H groups in total. The van der Waals surface area contributed by atoms with Crippen molar-refractivity contribution in [2.45, 2.75) is 38.6 Å². The number of hydrogen-bond donors (Lipinski definition) is 2. The quantitative estimate of drug-likeness (QED) is 0.732. The van der Waals surface area contributed by atoms with Crippen LogP contribution in [0.25, 0.3) is 0 Å². The fourth-order valence-corrected chi connectivity index (χ4v) is 2.41. The summed E-state index contributed by atoms with van der Waals surface area (Å²) in [6.45, 7) is 2.14. The molecular weight excluding hydrogens is 194 g/mol. The van der Waals surface area contributed by atoms with Crippen LogP contribution in [0, 0.1) is 17.8 Å². The van der Waals surface area contributed by atoms with Crippen LogP contribution < -0.4 is 5.32 Å². The number of carbonyl (C=O) groups is 2. The summed E-state index contributed by atoms with van der Waals surface area (Å²) in [6.07, 6.45) is 3.89. The van der Waals surface area contributed by atoms with Gasteiger partial charge in [0.15, 0.2) is 0 Å². The zero-order valence-electron chi connectivity index (χ0n) is 8.90. The Balaban J connectivity index is 1.81. The molecule has 0 aliphatic heterocycles. The molecule has 4 heteroatoms. The average molecular weight is 211 g/mol. The van der Waals surface area contributed by atoms with Gasteiger partial charge in [-0.2, -0.15) is 0 Å². The summed E-state index contributed by atoms with van der Waals surface area (Å²) in [7, 11) is 0. The molecule has 0 heterocycles. The molecule has 0 spiro atoms. The summed E-state index contributed by atoms with van der Waals surface area (Å²) in [6, 6.07) is 0.271. The van der Waals surface area contributed by atoms with Gasteiger partial charge in [-0.3, -0.25) is 9.59 Å². The van der Waals surface area contributed by atoms with E-state index in [0.717, 1.165) is 12.8 Å². The first-order valence-corrected chi connectivity index (χ1v) is 5.62. The van der Waals surface area contributed by atoms with Gasteiger partial charge in [0.2, 0.25) is 5.91 Å². The normalized spacial score (nSPS) is 38.7. The molecule has 2 aliphatic carbocycles. The summed E-state index contributed by atoms with van der Waals surface area (Å²) >= 11 is 0. The van der Waals surface area contributed by atoms with E-state index >= 15 is 0 Å². The molecule has 2 aliphatic rings. The lowest BCUT2D eigenvalue weighted by molar-refractivity contribution is -0.140. The molecule has 2 rings (SSSR count). The van der Waals surface area contributed by atoms with Crippen molar-refractivity contribution in [3.8, 4) is 0 Å². The Labute approximate surface area is 89.0 Å². The van der Waals surface area contributed by atoms with E-state index in [1.54, 1.807) is 0 Å². The van der Waals surface area contributed by atoms with Gasteiger partial charge in [-0.1, -0.05) is 13.3 Å². The van der Waals surface area contributed by atoms with E-state index in [-0.39, 0.29) is 17.9 Å². The van der Waals surface area contributed by atoms with Crippen molar-refractivity contribution in [3.63, 3.8) is 0 Å². The van der Waals surface area contributed by atoms with Crippen molar-refractivity contribution in [2.75, 3.05) is 0 Å². The van der Waals surface area contributed by atoms with Gasteiger partial charge >= 0.3 is 5.97 Å². The number of hydrogen-bond acceptors (Lipinski definition) is 2. The van der Waals surface area contributed by atoms with Crippen LogP contribution in [0.2, 0.25) is 0 Å². The van der Waals surface area contributed by atoms with Crippen LogP contribution in [0.4, 0.5) is 0 Å². The second-order valence-electron chi connectivity index (χ2n) is 4.81. The number of rotatable bonds is 3. The van der Waals surface area contributed by atoms with Crippen molar-refractivity contribution in [2.24, 2.45) is 17.8 Å². The third-order valence-corrected chi connectivity index (χ3v) is 3.63. The Hall–Kier alpha value is -1.06.